The number of hydrogen-bond donors (Lipinski definition) is 1. The molecule has 0 saturated carbocycles. The predicted octanol–water partition coefficient (Wildman–Crippen LogP) is 8.30. The van der Waals surface area contributed by atoms with E-state index in [0.29, 0.717) is 0 Å². The largest absolute Gasteiger partial charge is 0.454 e. The zero-order chi connectivity index (χ0) is 27.2. The van der Waals surface area contributed by atoms with Crippen molar-refractivity contribution in [3.05, 3.63) is 150 Å². The summed E-state index contributed by atoms with van der Waals surface area (Å²) < 4.78 is 6.13. The topological polar surface area (TPSA) is 62.8 Å². The minimum absolute atomic E-state index is 0.408. The van der Waals surface area contributed by atoms with Gasteiger partial charge in [-0.1, -0.05) is 103 Å². The highest BCUT2D eigenvalue weighted by molar-refractivity contribution is 6.23. The summed E-state index contributed by atoms with van der Waals surface area (Å²) in [6.07, 6.45) is 3.15. The Morgan fingerprint density at radius 2 is 1.34 bits per heavy atom. The van der Waals surface area contributed by atoms with E-state index < -0.39 is 6.17 Å². The third-order valence-corrected chi connectivity index (χ3v) is 7.63. The van der Waals surface area contributed by atoms with Crippen LogP contribution in [0.4, 0.5) is 0 Å². The molecule has 1 aliphatic rings. The third-order valence-electron chi connectivity index (χ3n) is 7.63. The van der Waals surface area contributed by atoms with Crippen LogP contribution in [0.5, 0.6) is 0 Å². The lowest BCUT2D eigenvalue weighted by atomic mass is 10.0. The highest BCUT2D eigenvalue weighted by Crippen LogP contribution is 2.33. The Morgan fingerprint density at radius 3 is 2.22 bits per heavy atom. The average Bonchev–Trinajstić information content (AvgIpc) is 3.44. The first-order valence-electron chi connectivity index (χ1n) is 13.6. The van der Waals surface area contributed by atoms with Crippen molar-refractivity contribution in [3.8, 4) is 11.1 Å². The first-order chi connectivity index (χ1) is 20.3. The van der Waals surface area contributed by atoms with E-state index >= 15 is 0 Å². The van der Waals surface area contributed by atoms with Crippen LogP contribution >= 0.6 is 0 Å². The summed E-state index contributed by atoms with van der Waals surface area (Å²) >= 11 is 0. The van der Waals surface area contributed by atoms with Crippen molar-refractivity contribution in [2.24, 2.45) is 9.98 Å². The van der Waals surface area contributed by atoms with Crippen molar-refractivity contribution in [1.82, 2.24) is 10.3 Å². The van der Waals surface area contributed by atoms with Gasteiger partial charge < -0.3 is 9.73 Å². The second-order valence-corrected chi connectivity index (χ2v) is 10.2. The number of aromatic nitrogens is 1. The van der Waals surface area contributed by atoms with Gasteiger partial charge >= 0.3 is 0 Å². The van der Waals surface area contributed by atoms with Gasteiger partial charge in [-0.05, 0) is 45.7 Å². The summed E-state index contributed by atoms with van der Waals surface area (Å²) in [4.78, 5) is 14.5. The van der Waals surface area contributed by atoms with E-state index in [1.54, 1.807) is 12.4 Å². The zero-order valence-electron chi connectivity index (χ0n) is 22.0. The van der Waals surface area contributed by atoms with Crippen LogP contribution in [0, 0.1) is 0 Å². The quantitative estimate of drug-likeness (QED) is 0.250. The summed E-state index contributed by atoms with van der Waals surface area (Å²) in [5.41, 5.74) is 6.89. The first kappa shape index (κ1) is 23.3. The molecular weight excluding hydrogens is 504 g/mol. The van der Waals surface area contributed by atoms with Crippen LogP contribution in [0.2, 0.25) is 0 Å². The van der Waals surface area contributed by atoms with E-state index in [4.69, 9.17) is 14.4 Å². The number of nitrogens with one attached hydrogen (secondary N) is 1. The molecule has 1 aliphatic heterocycles. The van der Waals surface area contributed by atoms with Gasteiger partial charge in [-0.15, -0.1) is 0 Å². The summed E-state index contributed by atoms with van der Waals surface area (Å²) in [7, 11) is 0. The number of fused-ring (bicyclic) bond motifs is 4. The highest BCUT2D eigenvalue weighted by Gasteiger charge is 2.23. The van der Waals surface area contributed by atoms with E-state index in [1.165, 1.54) is 16.3 Å². The predicted molar refractivity (Wildman–Crippen MR) is 166 cm³/mol. The fourth-order valence-electron chi connectivity index (χ4n) is 5.58. The van der Waals surface area contributed by atoms with Crippen molar-refractivity contribution in [1.29, 1.82) is 0 Å². The van der Waals surface area contributed by atoms with Crippen LogP contribution in [0.15, 0.2) is 148 Å². The van der Waals surface area contributed by atoms with E-state index in [1.807, 2.05) is 24.3 Å². The molecule has 194 valence electrons. The summed E-state index contributed by atoms with van der Waals surface area (Å²) in [6, 6.07) is 41.8. The SMILES string of the molecule is c1ccc(-c2ccc(C3=NC(c4ccc5ccccc5c4)N=C(c4cccc5oc6cnccc6c45)N3)cc2)cc1. The number of hydrogen-bond acceptors (Lipinski definition) is 5. The molecule has 0 saturated heterocycles. The Bertz CT molecular complexity index is 2130. The van der Waals surface area contributed by atoms with Gasteiger partial charge in [0.05, 0.1) is 6.20 Å². The number of rotatable bonds is 4. The van der Waals surface area contributed by atoms with Crippen molar-refractivity contribution >= 4 is 44.4 Å². The van der Waals surface area contributed by atoms with E-state index in [2.05, 4.69) is 107 Å². The summed E-state index contributed by atoms with van der Waals surface area (Å²) in [6.45, 7) is 0. The average molecular weight is 529 g/mol. The maximum absolute atomic E-state index is 6.13. The molecule has 1 atom stereocenters. The fourth-order valence-corrected chi connectivity index (χ4v) is 5.58. The van der Waals surface area contributed by atoms with Gasteiger partial charge in [0.25, 0.3) is 0 Å². The van der Waals surface area contributed by atoms with Crippen molar-refractivity contribution in [2.45, 2.75) is 6.17 Å². The van der Waals surface area contributed by atoms with Gasteiger partial charge in [0, 0.05) is 28.1 Å². The number of furan rings is 1. The number of pyridine rings is 1. The standard InChI is InChI=1S/C36H24N4O/c1-2-7-23(8-3-1)25-13-16-26(17-14-25)34-38-35(28-18-15-24-9-4-5-10-27(24)21-28)40-36(39-34)30-11-6-12-31-33(30)29-19-20-37-22-32(29)41-31/h1-22,35H,(H,38,39,40). The van der Waals surface area contributed by atoms with Crippen LogP contribution in [-0.4, -0.2) is 16.7 Å². The summed E-state index contributed by atoms with van der Waals surface area (Å²) in [5, 5.41) is 7.95. The maximum Gasteiger partial charge on any atom is 0.169 e. The third kappa shape index (κ3) is 4.15. The van der Waals surface area contributed by atoms with Crippen LogP contribution in [0.3, 0.4) is 0 Å². The van der Waals surface area contributed by atoms with E-state index in [-0.39, 0.29) is 0 Å². The first-order valence-corrected chi connectivity index (χ1v) is 13.6. The molecule has 0 radical (unpaired) electrons. The highest BCUT2D eigenvalue weighted by atomic mass is 16.3. The molecule has 3 heterocycles. The van der Waals surface area contributed by atoms with Crippen molar-refractivity contribution in [3.63, 3.8) is 0 Å². The van der Waals surface area contributed by atoms with Gasteiger partial charge in [0.15, 0.2) is 11.7 Å². The lowest BCUT2D eigenvalue weighted by molar-refractivity contribution is 0.667. The Morgan fingerprint density at radius 1 is 0.585 bits per heavy atom. The molecule has 5 heteroatoms. The van der Waals surface area contributed by atoms with Gasteiger partial charge in [-0.25, -0.2) is 9.98 Å². The molecule has 41 heavy (non-hydrogen) atoms. The number of nitrogens with zero attached hydrogens (tertiary/aromatic N) is 3. The monoisotopic (exact) mass is 528 g/mol. The van der Waals surface area contributed by atoms with Crippen LogP contribution in [0.25, 0.3) is 43.8 Å². The second kappa shape index (κ2) is 9.57. The Kier molecular flexibility index (Phi) is 5.45. The lowest BCUT2D eigenvalue weighted by Crippen LogP contribution is -2.36. The van der Waals surface area contributed by atoms with Gasteiger partial charge in [0.1, 0.15) is 17.3 Å². The van der Waals surface area contributed by atoms with Crippen molar-refractivity contribution < 1.29 is 4.42 Å². The van der Waals surface area contributed by atoms with E-state index in [0.717, 1.165) is 55.9 Å². The molecule has 5 aromatic carbocycles. The second-order valence-electron chi connectivity index (χ2n) is 10.2. The Balaban J connectivity index is 1.27. The van der Waals surface area contributed by atoms with Crippen LogP contribution in [-0.2, 0) is 0 Å². The molecule has 0 bridgehead atoms. The summed E-state index contributed by atoms with van der Waals surface area (Å²) in [5.74, 6) is 1.53. The molecule has 0 aliphatic carbocycles. The Labute approximate surface area is 236 Å². The molecular formula is C36H24N4O. The van der Waals surface area contributed by atoms with E-state index in [9.17, 15) is 0 Å². The molecule has 0 spiro atoms. The molecule has 5 nitrogen and oxygen atoms in total. The molecule has 1 unspecified atom stereocenters. The number of benzene rings is 5. The smallest absolute Gasteiger partial charge is 0.169 e. The van der Waals surface area contributed by atoms with Gasteiger partial charge in [-0.2, -0.15) is 0 Å². The van der Waals surface area contributed by atoms with Gasteiger partial charge in [0.2, 0.25) is 0 Å². The molecule has 8 rings (SSSR count). The van der Waals surface area contributed by atoms with Gasteiger partial charge in [-0.3, -0.25) is 4.98 Å². The molecule has 1 N–H and O–H groups in total. The minimum atomic E-state index is -0.408. The fraction of sp³-hybridized carbons (Fsp3) is 0.0278. The zero-order valence-corrected chi connectivity index (χ0v) is 22.0. The molecule has 0 amide bonds. The normalized spacial score (nSPS) is 15.1. The number of aliphatic imine (C=N–C) groups is 2. The number of amidine groups is 2. The molecule has 7 aromatic rings. The minimum Gasteiger partial charge on any atom is -0.454 e. The maximum atomic E-state index is 6.13. The molecule has 2 aromatic heterocycles. The lowest BCUT2D eigenvalue weighted by Gasteiger charge is -2.23. The Hall–Kier alpha value is -5.55. The van der Waals surface area contributed by atoms with Crippen LogP contribution in [0.1, 0.15) is 22.9 Å². The van der Waals surface area contributed by atoms with Crippen LogP contribution < -0.4 is 5.32 Å². The van der Waals surface area contributed by atoms with Crippen molar-refractivity contribution in [2.75, 3.05) is 0 Å². The molecule has 0 fully saturated rings.